The lowest BCUT2D eigenvalue weighted by molar-refractivity contribution is -0.136. The predicted molar refractivity (Wildman–Crippen MR) is 254 cm³/mol. The lowest BCUT2D eigenvalue weighted by Gasteiger charge is -2.39. The number of rotatable bonds is 18. The number of unbranched alkanes of at least 4 members (excludes halogenated alkanes) is 4. The molecule has 9 rings (SSSR count). The van der Waals surface area contributed by atoms with Gasteiger partial charge in [0.2, 0.25) is 17.8 Å². The van der Waals surface area contributed by atoms with Crippen LogP contribution in [-0.2, 0) is 9.59 Å². The molecule has 1 saturated carbocycles. The number of hydrogen-bond acceptors (Lipinski definition) is 14. The quantitative estimate of drug-likeness (QED) is 0.0711. The molecule has 5 amide bonds. The number of anilines is 3. The molecule has 2 aromatic heterocycles. The number of aromatic nitrogens is 5. The summed E-state index contributed by atoms with van der Waals surface area (Å²) in [5, 5.41) is 17.9. The Morgan fingerprint density at radius 3 is 2.47 bits per heavy atom. The second-order valence-corrected chi connectivity index (χ2v) is 18.8. The maximum atomic E-state index is 13.5. The van der Waals surface area contributed by atoms with Crippen molar-refractivity contribution in [3.63, 3.8) is 0 Å². The van der Waals surface area contributed by atoms with Crippen molar-refractivity contribution in [3.8, 4) is 17.2 Å². The van der Waals surface area contributed by atoms with Crippen molar-refractivity contribution in [2.75, 3.05) is 50.1 Å². The molecule has 2 aromatic carbocycles. The minimum atomic E-state index is -1.01. The SMILES string of the molecule is CC[C@@H]1c2nnc(C)n2-c2cnc(Nc3ccc(C(=O)NC4CCN(CCCCCCCOc5cccc6c5C(=O)N(C5CCC(=O)NC5=O)C6=O)CC4)cc3OC)nc2N1CC1CCCCC1. The van der Waals surface area contributed by atoms with Crippen molar-refractivity contribution < 1.29 is 33.4 Å². The molecule has 3 N–H and O–H groups in total. The van der Waals surface area contributed by atoms with Crippen molar-refractivity contribution in [1.82, 2.24) is 45.2 Å². The Bertz CT molecular complexity index is 2530. The van der Waals surface area contributed by atoms with Gasteiger partial charge in [-0.2, -0.15) is 4.98 Å². The van der Waals surface area contributed by atoms with E-state index in [1.54, 1.807) is 31.4 Å². The monoisotopic (exact) mass is 929 g/mol. The third-order valence-corrected chi connectivity index (χ3v) is 14.3. The van der Waals surface area contributed by atoms with E-state index in [2.05, 4.69) is 47.4 Å². The summed E-state index contributed by atoms with van der Waals surface area (Å²) < 4.78 is 13.9. The van der Waals surface area contributed by atoms with Crippen LogP contribution < -0.4 is 30.3 Å². The zero-order valence-corrected chi connectivity index (χ0v) is 39.4. The van der Waals surface area contributed by atoms with E-state index in [1.165, 1.54) is 32.1 Å². The van der Waals surface area contributed by atoms with Gasteiger partial charge in [0.25, 0.3) is 17.7 Å². The number of amides is 5. The molecule has 3 fully saturated rings. The Hall–Kier alpha value is -6.43. The number of fused-ring (bicyclic) bond motifs is 4. The fourth-order valence-corrected chi connectivity index (χ4v) is 10.6. The summed E-state index contributed by atoms with van der Waals surface area (Å²) in [4.78, 5) is 79.7. The van der Waals surface area contributed by atoms with Gasteiger partial charge in [0.15, 0.2) is 11.6 Å². The first-order chi connectivity index (χ1) is 33.1. The number of carbonyl (C=O) groups excluding carboxylic acids is 5. The first-order valence-corrected chi connectivity index (χ1v) is 24.6. The third kappa shape index (κ3) is 9.78. The molecule has 18 nitrogen and oxygen atoms in total. The summed E-state index contributed by atoms with van der Waals surface area (Å²) in [6, 6.07) is 9.48. The van der Waals surface area contributed by atoms with Crippen LogP contribution in [-0.4, -0.2) is 116 Å². The summed E-state index contributed by atoms with van der Waals surface area (Å²) in [6.45, 7) is 8.32. The molecule has 4 aliphatic heterocycles. The first kappa shape index (κ1) is 46.7. The number of nitrogens with zero attached hydrogens (tertiary/aromatic N) is 8. The zero-order valence-electron chi connectivity index (χ0n) is 39.4. The third-order valence-electron chi connectivity index (χ3n) is 14.3. The summed E-state index contributed by atoms with van der Waals surface area (Å²) in [5.74, 6) is 2.24. The van der Waals surface area contributed by atoms with Crippen LogP contribution in [0.4, 0.5) is 17.5 Å². The molecule has 5 aliphatic rings. The summed E-state index contributed by atoms with van der Waals surface area (Å²) in [6.07, 6.45) is 15.9. The van der Waals surface area contributed by atoms with Crippen molar-refractivity contribution in [3.05, 3.63) is 70.9 Å². The lowest BCUT2D eigenvalue weighted by Crippen LogP contribution is -2.54. The van der Waals surface area contributed by atoms with E-state index in [1.807, 2.05) is 25.3 Å². The van der Waals surface area contributed by atoms with E-state index in [0.717, 1.165) is 106 Å². The van der Waals surface area contributed by atoms with Crippen molar-refractivity contribution in [2.45, 2.75) is 128 Å². The maximum absolute atomic E-state index is 13.5. The fraction of sp³-hybridized carbons (Fsp3) is 0.540. The van der Waals surface area contributed by atoms with Crippen LogP contribution in [0.25, 0.3) is 5.69 Å². The molecule has 360 valence electrons. The standard InChI is InChI=1S/C50H63N11O7/c1-4-37-45-57-56-31(2)60(45)39-29-51-50(55-44(39)59(37)30-32-14-9-8-10-15-32)53-36-19-18-33(28-41(36)67-3)46(63)52-34-22-25-58(26-23-34)24-11-6-5-7-12-27-68-40-17-13-16-35-43(40)49(66)61(48(35)65)38-20-21-42(62)54-47(38)64/h13,16-19,28-29,32,34,37-38H,4-12,14-15,20-27,30H2,1-3H3,(H,52,63)(H,51,53,55)(H,54,62,64)/t37-,38?/m1/s1. The number of imide groups is 2. The van der Waals surface area contributed by atoms with Gasteiger partial charge in [-0.1, -0.05) is 51.5 Å². The Balaban J connectivity index is 0.706. The molecular weight excluding hydrogens is 867 g/mol. The highest BCUT2D eigenvalue weighted by molar-refractivity contribution is 6.24. The van der Waals surface area contributed by atoms with Crippen LogP contribution in [0.5, 0.6) is 11.5 Å². The van der Waals surface area contributed by atoms with Crippen LogP contribution in [0.1, 0.15) is 152 Å². The second kappa shape index (κ2) is 20.8. The van der Waals surface area contributed by atoms with Crippen LogP contribution in [0, 0.1) is 12.8 Å². The number of ether oxygens (including phenoxy) is 2. The molecule has 68 heavy (non-hydrogen) atoms. The number of aryl methyl sites for hydroxylation is 1. The maximum Gasteiger partial charge on any atom is 0.266 e. The number of methoxy groups -OCH3 is 1. The number of carbonyl (C=O) groups is 5. The molecule has 0 bridgehead atoms. The Labute approximate surface area is 396 Å². The first-order valence-electron chi connectivity index (χ1n) is 24.6. The normalized spacial score (nSPS) is 19.9. The number of nitrogens with one attached hydrogen (secondary N) is 3. The van der Waals surface area contributed by atoms with Gasteiger partial charge in [-0.3, -0.25) is 38.8 Å². The summed E-state index contributed by atoms with van der Waals surface area (Å²) in [7, 11) is 1.60. The second-order valence-electron chi connectivity index (χ2n) is 18.8. The van der Waals surface area contributed by atoms with Crippen molar-refractivity contribution in [2.24, 2.45) is 5.92 Å². The number of hydrogen-bond donors (Lipinski definition) is 3. The smallest absolute Gasteiger partial charge is 0.266 e. The van der Waals surface area contributed by atoms with Gasteiger partial charge in [0.05, 0.1) is 42.8 Å². The lowest BCUT2D eigenvalue weighted by atomic mass is 9.88. The number of piperidine rings is 2. The molecule has 4 aromatic rings. The fourth-order valence-electron chi connectivity index (χ4n) is 10.6. The van der Waals surface area contributed by atoms with Gasteiger partial charge < -0.3 is 29.9 Å². The van der Waals surface area contributed by atoms with Gasteiger partial charge in [-0.05, 0) is 101 Å². The molecule has 2 saturated heterocycles. The number of likely N-dealkylation sites (tertiary alicyclic amines) is 1. The van der Waals surface area contributed by atoms with E-state index in [0.29, 0.717) is 41.2 Å². The molecule has 1 unspecified atom stereocenters. The topological polar surface area (TPSA) is 206 Å². The highest BCUT2D eigenvalue weighted by Gasteiger charge is 2.46. The number of benzene rings is 2. The van der Waals surface area contributed by atoms with Gasteiger partial charge in [0.1, 0.15) is 29.1 Å². The Morgan fingerprint density at radius 1 is 0.897 bits per heavy atom. The van der Waals surface area contributed by atoms with E-state index in [4.69, 9.17) is 19.4 Å². The van der Waals surface area contributed by atoms with Crippen LogP contribution in [0.3, 0.4) is 0 Å². The average Bonchev–Trinajstić information content (AvgIpc) is 3.86. The molecule has 1 aliphatic carbocycles. The molecule has 0 spiro atoms. The minimum Gasteiger partial charge on any atom is -0.495 e. The van der Waals surface area contributed by atoms with Crippen LogP contribution in [0.2, 0.25) is 0 Å². The van der Waals surface area contributed by atoms with Crippen LogP contribution >= 0.6 is 0 Å². The molecule has 0 radical (unpaired) electrons. The molecular formula is C50H63N11O7. The average molecular weight is 930 g/mol. The van der Waals surface area contributed by atoms with Crippen molar-refractivity contribution in [1.29, 1.82) is 0 Å². The van der Waals surface area contributed by atoms with Gasteiger partial charge in [-0.15, -0.1) is 10.2 Å². The van der Waals surface area contributed by atoms with Gasteiger partial charge >= 0.3 is 0 Å². The van der Waals surface area contributed by atoms with Gasteiger partial charge in [-0.25, -0.2) is 4.98 Å². The Kier molecular flexibility index (Phi) is 14.3. The zero-order chi connectivity index (χ0) is 47.3. The molecule has 6 heterocycles. The van der Waals surface area contributed by atoms with Crippen molar-refractivity contribution >= 4 is 47.0 Å². The van der Waals surface area contributed by atoms with Gasteiger partial charge in [0, 0.05) is 37.7 Å². The van der Waals surface area contributed by atoms with Crippen LogP contribution in [0.15, 0.2) is 42.6 Å². The molecule has 2 atom stereocenters. The van der Waals surface area contributed by atoms with E-state index in [-0.39, 0.29) is 42.0 Å². The molecule has 18 heteroatoms. The van der Waals surface area contributed by atoms with E-state index < -0.39 is 29.7 Å². The predicted octanol–water partition coefficient (Wildman–Crippen LogP) is 6.59. The minimum absolute atomic E-state index is 0.0597. The highest BCUT2D eigenvalue weighted by atomic mass is 16.5. The van der Waals surface area contributed by atoms with E-state index >= 15 is 0 Å². The van der Waals surface area contributed by atoms with E-state index in [9.17, 15) is 24.0 Å². The highest BCUT2D eigenvalue weighted by Crippen LogP contribution is 2.41. The largest absolute Gasteiger partial charge is 0.495 e. The summed E-state index contributed by atoms with van der Waals surface area (Å²) in [5.41, 5.74) is 2.47. The summed E-state index contributed by atoms with van der Waals surface area (Å²) >= 11 is 0. The Morgan fingerprint density at radius 2 is 1.69 bits per heavy atom.